The maximum Gasteiger partial charge on any atom is 0.125 e. The summed E-state index contributed by atoms with van der Waals surface area (Å²) >= 11 is 0. The third-order valence-electron chi connectivity index (χ3n) is 4.13. The Kier molecular flexibility index (Phi) is 46.1. The highest BCUT2D eigenvalue weighted by atomic mass is 16.5. The molecule has 0 saturated carbocycles. The second-order valence-corrected chi connectivity index (χ2v) is 7.62. The summed E-state index contributed by atoms with van der Waals surface area (Å²) in [5.74, 6) is 3.55. The lowest BCUT2D eigenvalue weighted by Crippen LogP contribution is -2.04. The van der Waals surface area contributed by atoms with E-state index >= 15 is 0 Å². The molecule has 0 unspecified atom stereocenters. The Balaban J connectivity index is -0.000000105. The highest BCUT2D eigenvalue weighted by Gasteiger charge is 2.07. The fraction of sp³-hybridized carbons (Fsp3) is 0.647. The van der Waals surface area contributed by atoms with Gasteiger partial charge in [-0.25, -0.2) is 0 Å². The van der Waals surface area contributed by atoms with Crippen molar-refractivity contribution in [3.8, 4) is 23.0 Å². The molecule has 2 aromatic rings. The summed E-state index contributed by atoms with van der Waals surface area (Å²) in [7, 11) is 3.32. The van der Waals surface area contributed by atoms with Crippen LogP contribution in [0, 0.1) is 27.7 Å². The first-order valence-corrected chi connectivity index (χ1v) is 14.0. The Morgan fingerprint density at radius 2 is 0.825 bits per heavy atom. The van der Waals surface area contributed by atoms with Crippen LogP contribution in [0.2, 0.25) is 0 Å². The van der Waals surface area contributed by atoms with Crippen LogP contribution in [0.5, 0.6) is 23.0 Å². The number of ether oxygens (including phenoxy) is 4. The SMILES string of the molecule is C.C.CC.CC.CCC.CCCOc1c(C)cc(OC)cc1C.CCO.COc1cc(C)c(OCCO)c(C)c1. The van der Waals surface area contributed by atoms with Crippen LogP contribution in [-0.4, -0.2) is 50.9 Å². The molecule has 0 aliphatic carbocycles. The van der Waals surface area contributed by atoms with Crippen LogP contribution in [-0.2, 0) is 0 Å². The molecule has 0 fully saturated rings. The maximum atomic E-state index is 8.66. The topological polar surface area (TPSA) is 77.4 Å². The van der Waals surface area contributed by atoms with Gasteiger partial charge in [-0.05, 0) is 87.6 Å². The van der Waals surface area contributed by atoms with E-state index in [-0.39, 0.29) is 28.1 Å². The quantitative estimate of drug-likeness (QED) is 0.328. The van der Waals surface area contributed by atoms with Crippen molar-refractivity contribution < 1.29 is 29.2 Å². The van der Waals surface area contributed by atoms with Crippen LogP contribution in [0.4, 0.5) is 0 Å². The van der Waals surface area contributed by atoms with E-state index in [2.05, 4.69) is 20.8 Å². The molecular weight excluding hydrogens is 504 g/mol. The van der Waals surface area contributed by atoms with Crippen molar-refractivity contribution in [2.45, 2.75) is 111 Å². The van der Waals surface area contributed by atoms with Gasteiger partial charge >= 0.3 is 0 Å². The molecule has 240 valence electrons. The van der Waals surface area contributed by atoms with Crippen LogP contribution in [0.25, 0.3) is 0 Å². The first kappa shape index (κ1) is 50.4. The van der Waals surface area contributed by atoms with Crippen molar-refractivity contribution in [2.24, 2.45) is 0 Å². The lowest BCUT2D eigenvalue weighted by Gasteiger charge is -2.12. The molecule has 6 nitrogen and oxygen atoms in total. The fourth-order valence-electron chi connectivity index (χ4n) is 2.86. The predicted octanol–water partition coefficient (Wildman–Crippen LogP) is 9.52. The first-order valence-electron chi connectivity index (χ1n) is 14.0. The molecular formula is C34H68O6. The Hall–Kier alpha value is -2.44. The number of methoxy groups -OCH3 is 2. The molecule has 2 aromatic carbocycles. The van der Waals surface area contributed by atoms with Gasteiger partial charge in [-0.3, -0.25) is 0 Å². The number of aliphatic hydroxyl groups excluding tert-OH is 2. The van der Waals surface area contributed by atoms with E-state index in [0.717, 1.165) is 58.3 Å². The van der Waals surface area contributed by atoms with E-state index in [1.54, 1.807) is 21.1 Å². The Morgan fingerprint density at radius 1 is 0.575 bits per heavy atom. The molecule has 0 atom stereocenters. The van der Waals surface area contributed by atoms with Crippen LogP contribution in [0.3, 0.4) is 0 Å². The lowest BCUT2D eigenvalue weighted by atomic mass is 10.1. The van der Waals surface area contributed by atoms with Gasteiger partial charge in [0.1, 0.15) is 29.6 Å². The highest BCUT2D eigenvalue weighted by molar-refractivity contribution is 5.46. The van der Waals surface area contributed by atoms with Crippen molar-refractivity contribution >= 4 is 0 Å². The zero-order chi connectivity index (χ0) is 30.5. The summed E-state index contributed by atoms with van der Waals surface area (Å²) in [6.45, 7) is 25.4. The molecule has 0 bridgehead atoms. The minimum absolute atomic E-state index is 0. The van der Waals surface area contributed by atoms with E-state index in [0.29, 0.717) is 6.61 Å². The van der Waals surface area contributed by atoms with Gasteiger partial charge in [-0.2, -0.15) is 0 Å². The number of hydrogen-bond acceptors (Lipinski definition) is 6. The van der Waals surface area contributed by atoms with Crippen LogP contribution in [0.1, 0.15) is 105 Å². The van der Waals surface area contributed by atoms with Gasteiger partial charge in [0.15, 0.2) is 0 Å². The summed E-state index contributed by atoms with van der Waals surface area (Å²) in [4.78, 5) is 0. The molecule has 40 heavy (non-hydrogen) atoms. The van der Waals surface area contributed by atoms with Gasteiger partial charge in [-0.15, -0.1) is 0 Å². The summed E-state index contributed by atoms with van der Waals surface area (Å²) in [5.41, 5.74) is 4.32. The average molecular weight is 573 g/mol. The molecule has 2 N–H and O–H groups in total. The monoisotopic (exact) mass is 573 g/mol. The molecule has 0 saturated heterocycles. The number of aryl methyl sites for hydroxylation is 4. The predicted molar refractivity (Wildman–Crippen MR) is 178 cm³/mol. The standard InChI is InChI=1S/C12H18O2.C11H16O3.C3H8.C2H6O.2C2H6.2CH4/c1-5-6-14-12-9(2)7-11(13-4)8-10(12)3;1-8-6-10(13-3)7-9(2)11(8)14-5-4-12;1-3-2;1-2-3;2*1-2;;/h7-8H,5-6H2,1-4H3;6-7,12H,4-5H2,1-3H3;3H2,1-2H3;3H,2H2,1H3;2*1-2H3;2*1H4. The normalized spacial score (nSPS) is 8.20. The maximum absolute atomic E-state index is 8.66. The fourth-order valence-corrected chi connectivity index (χ4v) is 2.86. The zero-order valence-electron chi connectivity index (χ0n) is 27.1. The minimum Gasteiger partial charge on any atom is -0.497 e. The van der Waals surface area contributed by atoms with Crippen molar-refractivity contribution in [1.29, 1.82) is 0 Å². The van der Waals surface area contributed by atoms with Crippen molar-refractivity contribution in [2.75, 3.05) is 40.6 Å². The van der Waals surface area contributed by atoms with E-state index in [1.165, 1.54) is 6.42 Å². The lowest BCUT2D eigenvalue weighted by molar-refractivity contribution is 0.200. The number of aliphatic hydroxyl groups is 2. The van der Waals surface area contributed by atoms with E-state index < -0.39 is 0 Å². The van der Waals surface area contributed by atoms with Gasteiger partial charge in [0.2, 0.25) is 0 Å². The van der Waals surface area contributed by atoms with E-state index in [9.17, 15) is 0 Å². The third kappa shape index (κ3) is 24.6. The number of hydrogen-bond donors (Lipinski definition) is 2. The van der Waals surface area contributed by atoms with E-state index in [4.69, 9.17) is 29.2 Å². The van der Waals surface area contributed by atoms with Crippen LogP contribution in [0.15, 0.2) is 24.3 Å². The Bertz CT molecular complexity index is 664. The number of benzene rings is 2. The molecule has 0 radical (unpaired) electrons. The average Bonchev–Trinajstić information content (AvgIpc) is 2.91. The Morgan fingerprint density at radius 3 is 1.02 bits per heavy atom. The smallest absolute Gasteiger partial charge is 0.125 e. The largest absolute Gasteiger partial charge is 0.497 e. The summed E-state index contributed by atoms with van der Waals surface area (Å²) in [6.07, 6.45) is 2.28. The molecule has 0 amide bonds. The van der Waals surface area contributed by atoms with Crippen molar-refractivity contribution in [3.63, 3.8) is 0 Å². The first-order chi connectivity index (χ1) is 18.2. The van der Waals surface area contributed by atoms with Gasteiger partial charge in [-0.1, -0.05) is 69.7 Å². The van der Waals surface area contributed by atoms with E-state index in [1.807, 2.05) is 79.7 Å². The summed E-state index contributed by atoms with van der Waals surface area (Å²) < 4.78 is 21.4. The van der Waals surface area contributed by atoms with Gasteiger partial charge in [0, 0.05) is 6.61 Å². The third-order valence-corrected chi connectivity index (χ3v) is 4.13. The molecule has 0 heterocycles. The minimum atomic E-state index is 0. The van der Waals surface area contributed by atoms with Crippen LogP contribution >= 0.6 is 0 Å². The van der Waals surface area contributed by atoms with Crippen LogP contribution < -0.4 is 18.9 Å². The van der Waals surface area contributed by atoms with Gasteiger partial charge in [0.25, 0.3) is 0 Å². The molecule has 0 aliphatic rings. The summed E-state index contributed by atoms with van der Waals surface area (Å²) in [6, 6.07) is 7.83. The highest BCUT2D eigenvalue weighted by Crippen LogP contribution is 2.29. The molecule has 0 spiro atoms. The zero-order valence-corrected chi connectivity index (χ0v) is 27.1. The molecule has 0 aromatic heterocycles. The second kappa shape index (κ2) is 36.6. The van der Waals surface area contributed by atoms with Gasteiger partial charge < -0.3 is 29.2 Å². The van der Waals surface area contributed by atoms with Crippen molar-refractivity contribution in [3.05, 3.63) is 46.5 Å². The number of rotatable bonds is 8. The van der Waals surface area contributed by atoms with Gasteiger partial charge in [0.05, 0.1) is 27.4 Å². The second-order valence-electron chi connectivity index (χ2n) is 7.62. The van der Waals surface area contributed by atoms with Crippen molar-refractivity contribution in [1.82, 2.24) is 0 Å². The molecule has 2 rings (SSSR count). The summed E-state index contributed by atoms with van der Waals surface area (Å²) in [5, 5.41) is 16.2. The molecule has 0 aliphatic heterocycles. The molecule has 6 heteroatoms. The Labute approximate surface area is 250 Å².